The lowest BCUT2D eigenvalue weighted by Crippen LogP contribution is -2.50. The molecule has 2 heterocycles. The second-order valence-corrected chi connectivity index (χ2v) is 24.4. The fourth-order valence-electron chi connectivity index (χ4n) is 7.68. The van der Waals surface area contributed by atoms with Crippen molar-refractivity contribution in [1.29, 1.82) is 5.26 Å². The van der Waals surface area contributed by atoms with E-state index in [-0.39, 0.29) is 30.3 Å². The van der Waals surface area contributed by atoms with Crippen LogP contribution >= 0.6 is 31.1 Å². The number of aromatic nitrogens is 2. The number of rotatable bonds is 18. The van der Waals surface area contributed by atoms with Crippen molar-refractivity contribution in [3.8, 4) is 17.6 Å². The minimum Gasteiger partial charge on any atom is -0.497 e. The Hall–Kier alpha value is -3.43. The van der Waals surface area contributed by atoms with Crippen molar-refractivity contribution < 1.29 is 32.8 Å². The standard InChI is InChI=1S/C45H60IN4O9PSi/c1-29(2)50(30(3)4)60(53)57-27-31(26-47)40-37(58-42(41(40)59-61(10,11)44(5,6)7)49-38(46)25-39(51)48-43(49)52)28-56-45(32-15-13-12-14-16-32,33-17-21-35(54-8)22-18-33)34-19-23-36(55-9)24-20-34/h12-25,29-31,37,40-42,53H,27-28H2,1-11H3,(H,48,51,52)/t31?,37-,40+,41+,42+,60?/m0/s1. The highest BCUT2D eigenvalue weighted by Gasteiger charge is 2.55. The molecule has 1 aliphatic rings. The summed E-state index contributed by atoms with van der Waals surface area (Å²) in [7, 11) is -1.54. The maximum absolute atomic E-state index is 13.8. The predicted molar refractivity (Wildman–Crippen MR) is 248 cm³/mol. The Morgan fingerprint density at radius 2 is 1.44 bits per heavy atom. The van der Waals surface area contributed by atoms with E-state index in [1.165, 1.54) is 10.6 Å². The van der Waals surface area contributed by atoms with Gasteiger partial charge in [-0.25, -0.2) is 9.46 Å². The van der Waals surface area contributed by atoms with Gasteiger partial charge in [0, 0.05) is 24.1 Å². The molecule has 13 nitrogen and oxygen atoms in total. The highest BCUT2D eigenvalue weighted by Crippen LogP contribution is 2.49. The minimum atomic E-state index is -2.69. The summed E-state index contributed by atoms with van der Waals surface area (Å²) in [4.78, 5) is 40.2. The Bertz CT molecular complexity index is 2150. The SMILES string of the molecule is COc1ccc(C(OC[C@@H]2O[C@@H](n3c(I)cc(=O)[nH]c3=O)[C@H](O[Si](C)(C)C(C)(C)C)[C@@H]2C(C#N)COP(O)N(C(C)C)C(C)C)(c2ccccc2)c2ccc(OC)cc2)cc1. The van der Waals surface area contributed by atoms with Crippen molar-refractivity contribution in [2.75, 3.05) is 27.4 Å². The monoisotopic (exact) mass is 986 g/mol. The molecule has 1 aromatic heterocycles. The summed E-state index contributed by atoms with van der Waals surface area (Å²) >= 11 is 1.96. The molecule has 1 aliphatic heterocycles. The van der Waals surface area contributed by atoms with E-state index in [4.69, 9.17) is 27.9 Å². The zero-order valence-corrected chi connectivity index (χ0v) is 41.0. The van der Waals surface area contributed by atoms with E-state index >= 15 is 0 Å². The zero-order chi connectivity index (χ0) is 44.9. The fourth-order valence-corrected chi connectivity index (χ4v) is 11.0. The highest BCUT2D eigenvalue weighted by molar-refractivity contribution is 14.1. The van der Waals surface area contributed by atoms with Crippen LogP contribution in [0.15, 0.2) is 94.5 Å². The van der Waals surface area contributed by atoms with Gasteiger partial charge in [-0.15, -0.1) is 0 Å². The molecule has 5 rings (SSSR count). The van der Waals surface area contributed by atoms with Crippen LogP contribution in [0.2, 0.25) is 18.1 Å². The van der Waals surface area contributed by atoms with Gasteiger partial charge in [-0.05, 0) is 109 Å². The van der Waals surface area contributed by atoms with E-state index in [0.717, 1.165) is 16.7 Å². The Morgan fingerprint density at radius 3 is 1.90 bits per heavy atom. The largest absolute Gasteiger partial charge is 0.497 e. The summed E-state index contributed by atoms with van der Waals surface area (Å²) in [6.07, 6.45) is -2.84. The molecule has 2 N–H and O–H groups in total. The lowest BCUT2D eigenvalue weighted by molar-refractivity contribution is -0.0921. The smallest absolute Gasteiger partial charge is 0.331 e. The lowest BCUT2D eigenvalue weighted by atomic mass is 9.79. The van der Waals surface area contributed by atoms with Crippen molar-refractivity contribution in [3.05, 3.63) is 126 Å². The third-order valence-corrected chi connectivity index (χ3v) is 18.7. The van der Waals surface area contributed by atoms with Gasteiger partial charge in [-0.1, -0.05) is 75.4 Å². The van der Waals surface area contributed by atoms with Crippen molar-refractivity contribution in [3.63, 3.8) is 0 Å². The normalized spacial score (nSPS) is 19.6. The van der Waals surface area contributed by atoms with Crippen LogP contribution in [0.4, 0.5) is 0 Å². The Morgan fingerprint density at radius 1 is 0.918 bits per heavy atom. The van der Waals surface area contributed by atoms with Crippen molar-refractivity contribution >= 4 is 39.4 Å². The number of hydrogen-bond acceptors (Lipinski definition) is 11. The van der Waals surface area contributed by atoms with Crippen LogP contribution in [0, 0.1) is 26.9 Å². The first-order chi connectivity index (χ1) is 28.8. The van der Waals surface area contributed by atoms with Crippen molar-refractivity contribution in [2.24, 2.45) is 11.8 Å². The topological polar surface area (TPSA) is 158 Å². The third kappa shape index (κ3) is 10.7. The van der Waals surface area contributed by atoms with E-state index in [1.54, 1.807) is 14.2 Å². The lowest BCUT2D eigenvalue weighted by Gasteiger charge is -2.42. The van der Waals surface area contributed by atoms with Crippen LogP contribution in [0.25, 0.3) is 0 Å². The quantitative estimate of drug-likeness (QED) is 0.0324. The first-order valence-electron chi connectivity index (χ1n) is 20.4. The van der Waals surface area contributed by atoms with Crippen LogP contribution in [-0.2, 0) is 24.0 Å². The number of hydrogen-bond donors (Lipinski definition) is 2. The van der Waals surface area contributed by atoms with Crippen molar-refractivity contribution in [1.82, 2.24) is 14.2 Å². The molecular weight excluding hydrogens is 926 g/mol. The Labute approximate surface area is 375 Å². The third-order valence-electron chi connectivity index (χ3n) is 11.7. The zero-order valence-electron chi connectivity index (χ0n) is 36.9. The molecule has 2 unspecified atom stereocenters. The van der Waals surface area contributed by atoms with Gasteiger partial charge < -0.3 is 32.8 Å². The summed E-state index contributed by atoms with van der Waals surface area (Å²) in [5.41, 5.74) is -0.0415. The maximum atomic E-state index is 13.8. The molecule has 16 heteroatoms. The molecule has 0 bridgehead atoms. The van der Waals surface area contributed by atoms with E-state index < -0.39 is 64.0 Å². The van der Waals surface area contributed by atoms with Crippen LogP contribution < -0.4 is 20.7 Å². The average molecular weight is 987 g/mol. The van der Waals surface area contributed by atoms with Gasteiger partial charge >= 0.3 is 5.69 Å². The fraction of sp³-hybridized carbons (Fsp3) is 0.489. The van der Waals surface area contributed by atoms with E-state index in [1.807, 2.05) is 134 Å². The molecule has 0 amide bonds. The van der Waals surface area contributed by atoms with E-state index in [9.17, 15) is 19.7 Å². The number of ether oxygens (including phenoxy) is 4. The van der Waals surface area contributed by atoms with E-state index in [0.29, 0.717) is 15.2 Å². The first-order valence-corrected chi connectivity index (χ1v) is 25.6. The molecule has 0 radical (unpaired) electrons. The number of nitrogens with zero attached hydrogens (tertiary/aromatic N) is 3. The average Bonchev–Trinajstić information content (AvgIpc) is 3.54. The van der Waals surface area contributed by atoms with E-state index in [2.05, 4.69) is 44.9 Å². The van der Waals surface area contributed by atoms with Crippen LogP contribution in [0.3, 0.4) is 0 Å². The predicted octanol–water partition coefficient (Wildman–Crippen LogP) is 8.57. The van der Waals surface area contributed by atoms with Gasteiger partial charge in [0.2, 0.25) is 0 Å². The van der Waals surface area contributed by atoms with Crippen LogP contribution in [-0.4, -0.2) is 79.2 Å². The number of H-pyrrole nitrogens is 1. The molecule has 0 saturated carbocycles. The van der Waals surface area contributed by atoms with Crippen LogP contribution in [0.5, 0.6) is 11.5 Å². The second-order valence-electron chi connectivity index (χ2n) is 17.3. The molecule has 330 valence electrons. The van der Waals surface area contributed by atoms with Gasteiger partial charge in [0.05, 0.1) is 55.3 Å². The molecule has 1 saturated heterocycles. The van der Waals surface area contributed by atoms with Gasteiger partial charge in [0.15, 0.2) is 14.5 Å². The van der Waals surface area contributed by atoms with Crippen LogP contribution in [0.1, 0.15) is 71.4 Å². The molecule has 4 aromatic rings. The van der Waals surface area contributed by atoms with Gasteiger partial charge in [0.1, 0.15) is 17.1 Å². The summed E-state index contributed by atoms with van der Waals surface area (Å²) in [5, 5.41) is 10.8. The Balaban J connectivity index is 1.72. The molecule has 61 heavy (non-hydrogen) atoms. The summed E-state index contributed by atoms with van der Waals surface area (Å²) in [6.45, 7) is 18.2. The number of methoxy groups -OCH3 is 2. The first kappa shape index (κ1) is 48.6. The highest BCUT2D eigenvalue weighted by atomic mass is 127. The molecular formula is C45H60IN4O9PSi. The number of nitrogens with one attached hydrogen (secondary N) is 1. The molecule has 0 spiro atoms. The molecule has 0 aliphatic carbocycles. The number of halogens is 1. The number of aromatic amines is 1. The maximum Gasteiger partial charge on any atom is 0.331 e. The van der Waals surface area contributed by atoms with Crippen molar-refractivity contribution in [2.45, 2.75) is 103 Å². The van der Waals surface area contributed by atoms with Gasteiger partial charge in [-0.3, -0.25) is 14.3 Å². The molecule has 6 atom stereocenters. The second kappa shape index (κ2) is 20.4. The molecule has 1 fully saturated rings. The summed E-state index contributed by atoms with van der Waals surface area (Å²) in [6, 6.07) is 29.0. The summed E-state index contributed by atoms with van der Waals surface area (Å²) in [5.74, 6) is -0.323. The van der Waals surface area contributed by atoms with Gasteiger partial charge in [0.25, 0.3) is 14.1 Å². The molecule has 3 aromatic carbocycles. The number of nitriles is 1. The van der Waals surface area contributed by atoms with Gasteiger partial charge in [-0.2, -0.15) is 5.26 Å². The number of benzene rings is 3. The Kier molecular flexibility index (Phi) is 16.2. The minimum absolute atomic E-state index is 0.0251. The summed E-state index contributed by atoms with van der Waals surface area (Å²) < 4.78 is 42.6.